The van der Waals surface area contributed by atoms with Gasteiger partial charge in [0.25, 0.3) is 0 Å². The average Bonchev–Trinajstić information content (AvgIpc) is 2.74. The van der Waals surface area contributed by atoms with Gasteiger partial charge in [0.1, 0.15) is 5.82 Å². The van der Waals surface area contributed by atoms with Crippen LogP contribution < -0.4 is 4.90 Å². The fraction of sp³-hybridized carbons (Fsp3) is 0.273. The predicted molar refractivity (Wildman–Crippen MR) is 111 cm³/mol. The lowest BCUT2D eigenvalue weighted by atomic mass is 9.89. The van der Waals surface area contributed by atoms with Crippen LogP contribution in [0.25, 0.3) is 11.4 Å². The number of ketones is 1. The fourth-order valence-electron chi connectivity index (χ4n) is 3.56. The topological polar surface area (TPSA) is 59.0 Å². The number of nitrogens with zero attached hydrogens (tertiary/aromatic N) is 4. The molecule has 2 aromatic heterocycles. The summed E-state index contributed by atoms with van der Waals surface area (Å²) in [7, 11) is 0. The predicted octanol–water partition coefficient (Wildman–Crippen LogP) is 4.60. The smallest absolute Gasteiger partial charge is 0.166 e. The van der Waals surface area contributed by atoms with E-state index in [1.54, 1.807) is 24.5 Å². The molecule has 142 valence electrons. The van der Waals surface area contributed by atoms with Crippen LogP contribution in [0.3, 0.4) is 0 Å². The van der Waals surface area contributed by atoms with E-state index in [0.29, 0.717) is 10.8 Å². The zero-order valence-electron chi connectivity index (χ0n) is 15.7. The highest BCUT2D eigenvalue weighted by molar-refractivity contribution is 6.30. The van der Waals surface area contributed by atoms with Gasteiger partial charge >= 0.3 is 0 Å². The van der Waals surface area contributed by atoms with Crippen molar-refractivity contribution >= 4 is 23.2 Å². The minimum absolute atomic E-state index is 0.0400. The summed E-state index contributed by atoms with van der Waals surface area (Å²) in [6, 6.07) is 13.0. The van der Waals surface area contributed by atoms with Gasteiger partial charge in [0, 0.05) is 59.3 Å². The zero-order chi connectivity index (χ0) is 19.5. The second kappa shape index (κ2) is 8.07. The average molecular weight is 393 g/mol. The van der Waals surface area contributed by atoms with Crippen molar-refractivity contribution in [2.75, 3.05) is 18.0 Å². The van der Waals surface area contributed by atoms with Gasteiger partial charge in [-0.15, -0.1) is 0 Å². The Hall–Kier alpha value is -2.79. The van der Waals surface area contributed by atoms with Gasteiger partial charge in [-0.25, -0.2) is 9.97 Å². The van der Waals surface area contributed by atoms with Crippen molar-refractivity contribution in [1.82, 2.24) is 15.0 Å². The molecule has 1 aromatic carbocycles. The van der Waals surface area contributed by atoms with Gasteiger partial charge in [0.2, 0.25) is 0 Å². The number of halogens is 1. The van der Waals surface area contributed by atoms with Crippen molar-refractivity contribution in [3.63, 3.8) is 0 Å². The Labute approximate surface area is 169 Å². The number of anilines is 1. The molecule has 6 heteroatoms. The second-order valence-electron chi connectivity index (χ2n) is 7.07. The van der Waals surface area contributed by atoms with Crippen molar-refractivity contribution in [3.8, 4) is 11.4 Å². The summed E-state index contributed by atoms with van der Waals surface area (Å²) >= 11 is 5.92. The molecule has 3 heterocycles. The van der Waals surface area contributed by atoms with Gasteiger partial charge in [-0.2, -0.15) is 0 Å². The number of carbonyl (C=O) groups is 1. The molecule has 3 aromatic rings. The van der Waals surface area contributed by atoms with E-state index in [2.05, 4.69) is 14.9 Å². The first-order chi connectivity index (χ1) is 13.6. The largest absolute Gasteiger partial charge is 0.356 e. The Morgan fingerprint density at radius 1 is 1.11 bits per heavy atom. The number of aryl methyl sites for hydroxylation is 1. The molecule has 0 N–H and O–H groups in total. The van der Waals surface area contributed by atoms with E-state index in [0.717, 1.165) is 48.6 Å². The summed E-state index contributed by atoms with van der Waals surface area (Å²) in [5, 5.41) is 0.648. The van der Waals surface area contributed by atoms with Crippen molar-refractivity contribution in [2.45, 2.75) is 19.8 Å². The van der Waals surface area contributed by atoms with Gasteiger partial charge in [0.15, 0.2) is 11.6 Å². The van der Waals surface area contributed by atoms with E-state index in [9.17, 15) is 4.79 Å². The summed E-state index contributed by atoms with van der Waals surface area (Å²) in [5.41, 5.74) is 2.56. The molecule has 0 atom stereocenters. The van der Waals surface area contributed by atoms with Crippen LogP contribution in [0, 0.1) is 12.8 Å². The van der Waals surface area contributed by atoms with E-state index in [-0.39, 0.29) is 11.7 Å². The molecule has 0 saturated carbocycles. The van der Waals surface area contributed by atoms with Crippen LogP contribution in [-0.4, -0.2) is 33.8 Å². The Balaban J connectivity index is 1.47. The summed E-state index contributed by atoms with van der Waals surface area (Å²) in [6.45, 7) is 3.57. The molecule has 0 amide bonds. The van der Waals surface area contributed by atoms with Crippen LogP contribution >= 0.6 is 11.6 Å². The molecule has 0 unspecified atom stereocenters. The number of Topliss-reactive ketones (excluding diaryl/α,β-unsaturated/α-hetero) is 1. The Morgan fingerprint density at radius 2 is 1.86 bits per heavy atom. The third-order valence-corrected chi connectivity index (χ3v) is 5.33. The lowest BCUT2D eigenvalue weighted by Gasteiger charge is -2.32. The summed E-state index contributed by atoms with van der Waals surface area (Å²) in [6.07, 6.45) is 5.14. The first-order valence-electron chi connectivity index (χ1n) is 9.41. The number of piperidine rings is 1. The lowest BCUT2D eigenvalue weighted by Crippen LogP contribution is -2.37. The first-order valence-corrected chi connectivity index (χ1v) is 9.79. The standard InChI is InChI=1S/C22H21ClN4O/c1-15-13-20(26-22(25-15)18-3-2-10-24-14-18)27-11-8-17(9-12-27)21(28)16-4-6-19(23)7-5-16/h2-7,10,13-14,17H,8-9,11-12H2,1H3. The molecular formula is C22H21ClN4O. The van der Waals surface area contributed by atoms with Crippen molar-refractivity contribution < 1.29 is 4.79 Å². The molecule has 1 aliphatic rings. The Morgan fingerprint density at radius 3 is 2.54 bits per heavy atom. The molecule has 5 nitrogen and oxygen atoms in total. The maximum Gasteiger partial charge on any atom is 0.166 e. The van der Waals surface area contributed by atoms with Crippen molar-refractivity contribution in [2.24, 2.45) is 5.92 Å². The normalized spacial score (nSPS) is 14.9. The summed E-state index contributed by atoms with van der Waals surface area (Å²) < 4.78 is 0. The quantitative estimate of drug-likeness (QED) is 0.607. The summed E-state index contributed by atoms with van der Waals surface area (Å²) in [4.78, 5) is 28.4. The molecule has 0 radical (unpaired) electrons. The Kier molecular flexibility index (Phi) is 5.35. The van der Waals surface area contributed by atoms with Gasteiger partial charge in [0.05, 0.1) is 0 Å². The molecule has 1 aliphatic heterocycles. The highest BCUT2D eigenvalue weighted by atomic mass is 35.5. The van der Waals surface area contributed by atoms with Gasteiger partial charge < -0.3 is 4.90 Å². The third kappa shape index (κ3) is 4.04. The molecule has 1 fully saturated rings. The Bertz CT molecular complexity index is 968. The highest BCUT2D eigenvalue weighted by Crippen LogP contribution is 2.27. The molecule has 0 bridgehead atoms. The van der Waals surface area contributed by atoms with Crippen molar-refractivity contribution in [1.29, 1.82) is 0 Å². The van der Waals surface area contributed by atoms with E-state index in [1.807, 2.05) is 37.3 Å². The van der Waals surface area contributed by atoms with E-state index in [1.165, 1.54) is 0 Å². The monoisotopic (exact) mass is 392 g/mol. The van der Waals surface area contributed by atoms with Crippen molar-refractivity contribution in [3.05, 3.63) is 71.1 Å². The number of hydrogen-bond acceptors (Lipinski definition) is 5. The summed E-state index contributed by atoms with van der Waals surface area (Å²) in [5.74, 6) is 1.83. The van der Waals surface area contributed by atoms with Crippen LogP contribution in [0.5, 0.6) is 0 Å². The van der Waals surface area contributed by atoms with Crippen LogP contribution in [-0.2, 0) is 0 Å². The van der Waals surface area contributed by atoms with E-state index >= 15 is 0 Å². The number of carbonyl (C=O) groups excluding carboxylic acids is 1. The number of pyridine rings is 1. The number of benzene rings is 1. The molecule has 0 spiro atoms. The zero-order valence-corrected chi connectivity index (χ0v) is 16.4. The van der Waals surface area contributed by atoms with Gasteiger partial charge in [-0.1, -0.05) is 11.6 Å². The van der Waals surface area contributed by atoms with Crippen LogP contribution in [0.1, 0.15) is 28.9 Å². The van der Waals surface area contributed by atoms with Crippen LogP contribution in [0.4, 0.5) is 5.82 Å². The minimum Gasteiger partial charge on any atom is -0.356 e. The van der Waals surface area contributed by atoms with Crippen LogP contribution in [0.2, 0.25) is 5.02 Å². The van der Waals surface area contributed by atoms with Crippen LogP contribution in [0.15, 0.2) is 54.9 Å². The number of aromatic nitrogens is 3. The number of rotatable bonds is 4. The van der Waals surface area contributed by atoms with E-state index in [4.69, 9.17) is 16.6 Å². The minimum atomic E-state index is 0.0400. The fourth-order valence-corrected chi connectivity index (χ4v) is 3.68. The molecule has 28 heavy (non-hydrogen) atoms. The van der Waals surface area contributed by atoms with E-state index < -0.39 is 0 Å². The SMILES string of the molecule is Cc1cc(N2CCC(C(=O)c3ccc(Cl)cc3)CC2)nc(-c2cccnc2)n1. The molecule has 1 saturated heterocycles. The first kappa shape index (κ1) is 18.6. The molecule has 4 rings (SSSR count). The molecule has 0 aliphatic carbocycles. The lowest BCUT2D eigenvalue weighted by molar-refractivity contribution is 0.0900. The molecular weight excluding hydrogens is 372 g/mol. The maximum absolute atomic E-state index is 12.8. The highest BCUT2D eigenvalue weighted by Gasteiger charge is 2.26. The van der Waals surface area contributed by atoms with Gasteiger partial charge in [-0.05, 0) is 56.2 Å². The van der Waals surface area contributed by atoms with Gasteiger partial charge in [-0.3, -0.25) is 9.78 Å². The maximum atomic E-state index is 12.8. The second-order valence-corrected chi connectivity index (χ2v) is 7.50. The third-order valence-electron chi connectivity index (χ3n) is 5.08. The number of hydrogen-bond donors (Lipinski definition) is 0.